The monoisotopic (exact) mass is 885 g/mol. The zero-order valence-corrected chi connectivity index (χ0v) is 37.8. The molecule has 2 rings (SSSR count). The van der Waals surface area contributed by atoms with Gasteiger partial charge in [-0.1, -0.05) is 140 Å². The van der Waals surface area contributed by atoms with Gasteiger partial charge in [0.2, 0.25) is 0 Å². The molecule has 0 saturated carbocycles. The molecule has 11 unspecified atom stereocenters. The molecule has 0 aliphatic carbocycles. The van der Waals surface area contributed by atoms with Crippen LogP contribution in [0.5, 0.6) is 0 Å². The molecule has 7 N–H and O–H groups in total. The van der Waals surface area contributed by atoms with Gasteiger partial charge in [0, 0.05) is 13.0 Å². The normalized spacial score (nSPS) is 27.6. The van der Waals surface area contributed by atoms with Crippen LogP contribution in [0, 0.1) is 0 Å². The van der Waals surface area contributed by atoms with Crippen LogP contribution in [-0.2, 0) is 33.2 Å². The summed E-state index contributed by atoms with van der Waals surface area (Å²) in [6, 6.07) is 0. The van der Waals surface area contributed by atoms with Gasteiger partial charge in [0.15, 0.2) is 12.6 Å². The number of ether oxygens (including phenoxy) is 6. The summed E-state index contributed by atoms with van der Waals surface area (Å²) in [7, 11) is 0. The zero-order chi connectivity index (χ0) is 45.2. The Balaban J connectivity index is 1.73. The molecule has 0 bridgehead atoms. The van der Waals surface area contributed by atoms with E-state index in [2.05, 4.69) is 62.5 Å². The number of carbonyl (C=O) groups excluding carboxylic acids is 1. The highest BCUT2D eigenvalue weighted by Gasteiger charge is 2.47. The number of unbranched alkanes of at least 4 members (excludes halogenated alkanes) is 14. The number of carbonyl (C=O) groups is 1. The van der Waals surface area contributed by atoms with Crippen molar-refractivity contribution < 1.29 is 69.0 Å². The van der Waals surface area contributed by atoms with Gasteiger partial charge in [0.1, 0.15) is 54.9 Å². The molecule has 0 aromatic rings. The van der Waals surface area contributed by atoms with E-state index in [9.17, 15) is 40.5 Å². The first-order valence-corrected chi connectivity index (χ1v) is 23.7. The predicted molar refractivity (Wildman–Crippen MR) is 238 cm³/mol. The lowest BCUT2D eigenvalue weighted by molar-refractivity contribution is -0.332. The van der Waals surface area contributed by atoms with Crippen molar-refractivity contribution in [2.45, 2.75) is 216 Å². The third-order valence-electron chi connectivity index (χ3n) is 11.1. The van der Waals surface area contributed by atoms with Crippen LogP contribution >= 0.6 is 0 Å². The van der Waals surface area contributed by atoms with Crippen LogP contribution in [0.1, 0.15) is 149 Å². The van der Waals surface area contributed by atoms with Crippen molar-refractivity contribution in [2.24, 2.45) is 0 Å². The van der Waals surface area contributed by atoms with E-state index in [0.29, 0.717) is 13.0 Å². The molecule has 11 atom stereocenters. The smallest absolute Gasteiger partial charge is 0.306 e. The molecule has 2 saturated heterocycles. The fourth-order valence-corrected chi connectivity index (χ4v) is 7.22. The van der Waals surface area contributed by atoms with Gasteiger partial charge in [0.05, 0.1) is 26.4 Å². The minimum absolute atomic E-state index is 0.0570. The van der Waals surface area contributed by atoms with E-state index in [-0.39, 0.29) is 25.6 Å². The molecule has 2 aliphatic heterocycles. The molecule has 62 heavy (non-hydrogen) atoms. The molecule has 2 fully saturated rings. The number of aliphatic hydroxyl groups excluding tert-OH is 7. The van der Waals surface area contributed by atoms with E-state index in [1.54, 1.807) is 0 Å². The molecule has 14 heteroatoms. The molecule has 0 aromatic heterocycles. The molecule has 0 spiro atoms. The molecule has 2 aliphatic rings. The van der Waals surface area contributed by atoms with E-state index >= 15 is 0 Å². The second-order valence-electron chi connectivity index (χ2n) is 16.6. The standard InChI is InChI=1S/C48H84O14/c1-3-5-7-9-11-12-13-14-15-16-17-18-19-20-21-22-23-24-25-27-29-31-40(50)60-37(34-57-32-30-28-26-10-8-6-4-2)35-58-47-46(56)44(54)42(52)39(62-47)36-59-48-45(55)43(53)41(51)38(33-49)61-48/h5,7,11-12,14-15,17-18,37-39,41-49,51-56H,3-4,6,8-10,13,16,19-36H2,1-2H3/b7-5-,12-11-,15-14-,18-17-. The molecule has 360 valence electrons. The fourth-order valence-electron chi connectivity index (χ4n) is 7.22. The summed E-state index contributed by atoms with van der Waals surface area (Å²) < 4.78 is 34.1. The average molecular weight is 885 g/mol. The van der Waals surface area contributed by atoms with Gasteiger partial charge in [-0.3, -0.25) is 4.79 Å². The van der Waals surface area contributed by atoms with Crippen molar-refractivity contribution in [1.29, 1.82) is 0 Å². The van der Waals surface area contributed by atoms with Crippen LogP contribution in [-0.4, -0.2) is 142 Å². The number of esters is 1. The van der Waals surface area contributed by atoms with Crippen molar-refractivity contribution >= 4 is 5.97 Å². The summed E-state index contributed by atoms with van der Waals surface area (Å²) in [4.78, 5) is 12.9. The highest BCUT2D eigenvalue weighted by atomic mass is 16.7. The number of hydrogen-bond acceptors (Lipinski definition) is 14. The third-order valence-corrected chi connectivity index (χ3v) is 11.1. The van der Waals surface area contributed by atoms with Crippen LogP contribution in [0.2, 0.25) is 0 Å². The van der Waals surface area contributed by atoms with E-state index < -0.39 is 80.7 Å². The molecule has 0 radical (unpaired) electrons. The van der Waals surface area contributed by atoms with Crippen LogP contribution < -0.4 is 0 Å². The SMILES string of the molecule is CC/C=C\C/C=C\C/C=C\C/C=C\CCCCCCCCCCC(=O)OC(COCCCCCCCCC)COC1OC(COC2OC(CO)C(O)C(O)C2O)C(O)C(O)C1O. The van der Waals surface area contributed by atoms with Gasteiger partial charge >= 0.3 is 5.97 Å². The van der Waals surface area contributed by atoms with Crippen LogP contribution in [0.4, 0.5) is 0 Å². The van der Waals surface area contributed by atoms with E-state index in [4.69, 9.17) is 28.4 Å². The van der Waals surface area contributed by atoms with Gasteiger partial charge in [0.25, 0.3) is 0 Å². The van der Waals surface area contributed by atoms with E-state index in [1.807, 2.05) is 0 Å². The molecular formula is C48H84O14. The first-order chi connectivity index (χ1) is 30.1. The highest BCUT2D eigenvalue weighted by Crippen LogP contribution is 2.26. The van der Waals surface area contributed by atoms with E-state index in [1.165, 1.54) is 51.4 Å². The van der Waals surface area contributed by atoms with Crippen molar-refractivity contribution in [3.8, 4) is 0 Å². The number of hydrogen-bond donors (Lipinski definition) is 7. The van der Waals surface area contributed by atoms with Gasteiger partial charge < -0.3 is 64.2 Å². The maximum Gasteiger partial charge on any atom is 0.306 e. The lowest BCUT2D eigenvalue weighted by atomic mass is 9.98. The van der Waals surface area contributed by atoms with Crippen molar-refractivity contribution in [2.75, 3.05) is 33.0 Å². The number of allylic oxidation sites excluding steroid dienone is 8. The van der Waals surface area contributed by atoms with Gasteiger partial charge in [-0.25, -0.2) is 0 Å². The largest absolute Gasteiger partial charge is 0.457 e. The Morgan fingerprint density at radius 2 is 1.05 bits per heavy atom. The van der Waals surface area contributed by atoms with Crippen molar-refractivity contribution in [1.82, 2.24) is 0 Å². The lowest BCUT2D eigenvalue weighted by Crippen LogP contribution is -2.61. The highest BCUT2D eigenvalue weighted by molar-refractivity contribution is 5.69. The lowest BCUT2D eigenvalue weighted by Gasteiger charge is -2.42. The second kappa shape index (κ2) is 36.2. The van der Waals surface area contributed by atoms with E-state index in [0.717, 1.165) is 70.6 Å². The van der Waals surface area contributed by atoms with Crippen molar-refractivity contribution in [3.05, 3.63) is 48.6 Å². The van der Waals surface area contributed by atoms with Crippen molar-refractivity contribution in [3.63, 3.8) is 0 Å². The van der Waals surface area contributed by atoms with Crippen LogP contribution in [0.3, 0.4) is 0 Å². The average Bonchev–Trinajstić information content (AvgIpc) is 3.27. The van der Waals surface area contributed by atoms with Crippen LogP contribution in [0.15, 0.2) is 48.6 Å². The maximum absolute atomic E-state index is 12.9. The summed E-state index contributed by atoms with van der Waals surface area (Å²) >= 11 is 0. The Labute approximate surface area is 372 Å². The third kappa shape index (κ3) is 24.3. The number of aliphatic hydroxyl groups is 7. The van der Waals surface area contributed by atoms with Crippen LogP contribution in [0.25, 0.3) is 0 Å². The topological polar surface area (TPSA) is 214 Å². The van der Waals surface area contributed by atoms with Gasteiger partial charge in [-0.2, -0.15) is 0 Å². The Bertz CT molecular complexity index is 1210. The molecular weight excluding hydrogens is 801 g/mol. The zero-order valence-electron chi connectivity index (χ0n) is 37.8. The minimum Gasteiger partial charge on any atom is -0.457 e. The number of rotatable bonds is 36. The first-order valence-electron chi connectivity index (χ1n) is 23.7. The van der Waals surface area contributed by atoms with Gasteiger partial charge in [-0.15, -0.1) is 0 Å². The summed E-state index contributed by atoms with van der Waals surface area (Å²) in [5.74, 6) is -0.389. The molecule has 2 heterocycles. The maximum atomic E-state index is 12.9. The summed E-state index contributed by atoms with van der Waals surface area (Å²) in [5, 5.41) is 71.8. The summed E-state index contributed by atoms with van der Waals surface area (Å²) in [5.41, 5.74) is 0. The molecule has 0 amide bonds. The first kappa shape index (κ1) is 56.1. The predicted octanol–water partition coefficient (Wildman–Crippen LogP) is 6.01. The summed E-state index contributed by atoms with van der Waals surface area (Å²) in [6.45, 7) is 3.50. The quantitative estimate of drug-likeness (QED) is 0.0218. The Hall–Kier alpha value is -2.05. The Morgan fingerprint density at radius 3 is 1.65 bits per heavy atom. The Morgan fingerprint density at radius 1 is 0.548 bits per heavy atom. The fraction of sp³-hybridized carbons (Fsp3) is 0.812. The minimum atomic E-state index is -1.71. The molecule has 0 aromatic carbocycles. The van der Waals surface area contributed by atoms with Gasteiger partial charge in [-0.05, 0) is 51.4 Å². The second-order valence-corrected chi connectivity index (χ2v) is 16.6. The summed E-state index contributed by atoms with van der Waals surface area (Å²) in [6.07, 6.45) is 23.4. The molecule has 14 nitrogen and oxygen atoms in total. The Kier molecular flexibility index (Phi) is 32.7.